The number of pyridine rings is 1. The molecule has 0 bridgehead atoms. The number of hydrogen-bond acceptors (Lipinski definition) is 3. The number of nitrogens with zero attached hydrogens (tertiary/aromatic N) is 2. The second kappa shape index (κ2) is 5.82. The van der Waals surface area contributed by atoms with E-state index >= 15 is 0 Å². The third kappa shape index (κ3) is 3.10. The maximum atomic E-state index is 8.92. The summed E-state index contributed by atoms with van der Waals surface area (Å²) < 4.78 is 5.43. The fourth-order valence-corrected chi connectivity index (χ4v) is 1.18. The zero-order valence-electron chi connectivity index (χ0n) is 8.86. The average molecular weight is 202 g/mol. The van der Waals surface area contributed by atoms with Gasteiger partial charge in [-0.2, -0.15) is 5.26 Å². The Morgan fingerprint density at radius 3 is 3.13 bits per heavy atom. The van der Waals surface area contributed by atoms with Gasteiger partial charge in [0.05, 0.1) is 6.61 Å². The lowest BCUT2D eigenvalue weighted by atomic mass is 10.2. The third-order valence-electron chi connectivity index (χ3n) is 2.03. The zero-order valence-corrected chi connectivity index (χ0v) is 8.86. The van der Waals surface area contributed by atoms with Gasteiger partial charge in [-0.05, 0) is 31.4 Å². The summed E-state index contributed by atoms with van der Waals surface area (Å²) in [7, 11) is 0. The summed E-state index contributed by atoms with van der Waals surface area (Å²) in [5.74, 6) is 0.432. The molecule has 3 nitrogen and oxygen atoms in total. The second-order valence-electron chi connectivity index (χ2n) is 3.20. The molecule has 1 aromatic heterocycles. The molecule has 0 fully saturated rings. The van der Waals surface area contributed by atoms with Crippen molar-refractivity contribution in [2.75, 3.05) is 6.61 Å². The van der Waals surface area contributed by atoms with E-state index in [0.29, 0.717) is 18.1 Å². The van der Waals surface area contributed by atoms with Gasteiger partial charge >= 0.3 is 0 Å². The molecule has 0 saturated carbocycles. The fourth-order valence-electron chi connectivity index (χ4n) is 1.18. The first-order chi connectivity index (χ1) is 7.29. The van der Waals surface area contributed by atoms with Gasteiger partial charge in [-0.25, -0.2) is 4.98 Å². The van der Waals surface area contributed by atoms with Gasteiger partial charge in [-0.15, -0.1) is 6.58 Å². The van der Waals surface area contributed by atoms with Crippen molar-refractivity contribution in [3.05, 3.63) is 36.0 Å². The Balaban J connectivity index is 2.65. The summed E-state index contributed by atoms with van der Waals surface area (Å²) in [5, 5.41) is 8.92. The van der Waals surface area contributed by atoms with Crippen LogP contribution in [0.4, 0.5) is 0 Å². The molecular weight excluding hydrogens is 188 g/mol. The highest BCUT2D eigenvalue weighted by atomic mass is 16.5. The first kappa shape index (κ1) is 11.3. The van der Waals surface area contributed by atoms with Crippen LogP contribution in [0.25, 0.3) is 0 Å². The maximum Gasteiger partial charge on any atom is 0.231 e. The SMILES string of the molecule is C=CCCCOc1nccc(C)c1C#N. The number of hydrogen-bond donors (Lipinski definition) is 0. The van der Waals surface area contributed by atoms with E-state index in [1.165, 1.54) is 0 Å². The van der Waals surface area contributed by atoms with Crippen molar-refractivity contribution in [3.63, 3.8) is 0 Å². The highest BCUT2D eigenvalue weighted by Crippen LogP contribution is 2.17. The van der Waals surface area contributed by atoms with Gasteiger partial charge < -0.3 is 4.74 Å². The van der Waals surface area contributed by atoms with Gasteiger partial charge in [0.15, 0.2) is 0 Å². The van der Waals surface area contributed by atoms with E-state index in [-0.39, 0.29) is 0 Å². The molecule has 1 rings (SSSR count). The van der Waals surface area contributed by atoms with Crippen molar-refractivity contribution in [1.29, 1.82) is 5.26 Å². The molecule has 0 atom stereocenters. The Labute approximate surface area is 90.0 Å². The van der Waals surface area contributed by atoms with E-state index in [0.717, 1.165) is 18.4 Å². The van der Waals surface area contributed by atoms with E-state index in [9.17, 15) is 0 Å². The van der Waals surface area contributed by atoms with Crippen LogP contribution in [-0.4, -0.2) is 11.6 Å². The molecular formula is C12H14N2O. The molecule has 0 radical (unpaired) electrons. The van der Waals surface area contributed by atoms with Crippen LogP contribution in [0.3, 0.4) is 0 Å². The molecule has 1 heterocycles. The van der Waals surface area contributed by atoms with Gasteiger partial charge in [0.1, 0.15) is 11.6 Å². The third-order valence-corrected chi connectivity index (χ3v) is 2.03. The van der Waals surface area contributed by atoms with Crippen LogP contribution in [0.5, 0.6) is 5.88 Å². The maximum absolute atomic E-state index is 8.92. The van der Waals surface area contributed by atoms with Gasteiger partial charge in [0.25, 0.3) is 0 Å². The summed E-state index contributed by atoms with van der Waals surface area (Å²) in [5.41, 5.74) is 1.42. The minimum absolute atomic E-state index is 0.432. The summed E-state index contributed by atoms with van der Waals surface area (Å²) in [4.78, 5) is 4.04. The smallest absolute Gasteiger partial charge is 0.231 e. The second-order valence-corrected chi connectivity index (χ2v) is 3.20. The molecule has 78 valence electrons. The Morgan fingerprint density at radius 2 is 2.47 bits per heavy atom. The first-order valence-electron chi connectivity index (χ1n) is 4.89. The van der Waals surface area contributed by atoms with Crippen LogP contribution in [-0.2, 0) is 0 Å². The van der Waals surface area contributed by atoms with Crippen molar-refractivity contribution in [2.45, 2.75) is 19.8 Å². The molecule has 0 amide bonds. The van der Waals surface area contributed by atoms with Gasteiger partial charge in [-0.3, -0.25) is 0 Å². The fraction of sp³-hybridized carbons (Fsp3) is 0.333. The number of ether oxygens (including phenoxy) is 1. The number of nitriles is 1. The molecule has 0 unspecified atom stereocenters. The van der Waals surface area contributed by atoms with Crippen LogP contribution in [0.15, 0.2) is 24.9 Å². The Bertz CT molecular complexity index is 380. The molecule has 0 aliphatic heterocycles. The number of aromatic nitrogens is 1. The number of allylic oxidation sites excluding steroid dienone is 1. The monoisotopic (exact) mass is 202 g/mol. The van der Waals surface area contributed by atoms with E-state index in [4.69, 9.17) is 10.00 Å². The highest BCUT2D eigenvalue weighted by Gasteiger charge is 2.06. The Morgan fingerprint density at radius 1 is 1.67 bits per heavy atom. The van der Waals surface area contributed by atoms with Crippen LogP contribution in [0.2, 0.25) is 0 Å². The minimum Gasteiger partial charge on any atom is -0.477 e. The average Bonchev–Trinajstić information content (AvgIpc) is 2.24. The van der Waals surface area contributed by atoms with E-state index in [1.807, 2.05) is 13.0 Å². The number of rotatable bonds is 5. The minimum atomic E-state index is 0.432. The summed E-state index contributed by atoms with van der Waals surface area (Å²) in [6.07, 6.45) is 5.30. The molecule has 0 spiro atoms. The van der Waals surface area contributed by atoms with E-state index in [2.05, 4.69) is 17.6 Å². The quantitative estimate of drug-likeness (QED) is 0.544. The summed E-state index contributed by atoms with van der Waals surface area (Å²) >= 11 is 0. The Kier molecular flexibility index (Phi) is 4.36. The zero-order chi connectivity index (χ0) is 11.1. The van der Waals surface area contributed by atoms with Crippen LogP contribution in [0, 0.1) is 18.3 Å². The van der Waals surface area contributed by atoms with Crippen LogP contribution < -0.4 is 4.74 Å². The predicted molar refractivity (Wildman–Crippen MR) is 58.6 cm³/mol. The van der Waals surface area contributed by atoms with Crippen molar-refractivity contribution < 1.29 is 4.74 Å². The lowest BCUT2D eigenvalue weighted by molar-refractivity contribution is 0.299. The molecule has 0 aliphatic carbocycles. The van der Waals surface area contributed by atoms with E-state index in [1.54, 1.807) is 12.3 Å². The molecule has 3 heteroatoms. The number of aryl methyl sites for hydroxylation is 1. The van der Waals surface area contributed by atoms with Crippen molar-refractivity contribution >= 4 is 0 Å². The largest absolute Gasteiger partial charge is 0.477 e. The topological polar surface area (TPSA) is 45.9 Å². The Hall–Kier alpha value is -1.82. The predicted octanol–water partition coefficient (Wildman–Crippen LogP) is 2.61. The summed E-state index contributed by atoms with van der Waals surface area (Å²) in [6, 6.07) is 3.90. The van der Waals surface area contributed by atoms with E-state index < -0.39 is 0 Å². The number of unbranched alkanes of at least 4 members (excludes halogenated alkanes) is 1. The van der Waals surface area contributed by atoms with Crippen molar-refractivity contribution in [3.8, 4) is 11.9 Å². The normalized spacial score (nSPS) is 9.33. The lowest BCUT2D eigenvalue weighted by Crippen LogP contribution is -2.01. The first-order valence-corrected chi connectivity index (χ1v) is 4.89. The van der Waals surface area contributed by atoms with Gasteiger partial charge in [0, 0.05) is 6.20 Å². The molecule has 15 heavy (non-hydrogen) atoms. The lowest BCUT2D eigenvalue weighted by Gasteiger charge is -2.06. The summed E-state index contributed by atoms with van der Waals surface area (Å²) in [6.45, 7) is 6.07. The highest BCUT2D eigenvalue weighted by molar-refractivity contribution is 5.43. The standard InChI is InChI=1S/C12H14N2O/c1-3-4-5-8-15-12-11(9-13)10(2)6-7-14-12/h3,6-7H,1,4-5,8H2,2H3. The molecule has 0 saturated heterocycles. The van der Waals surface area contributed by atoms with Gasteiger partial charge in [0.2, 0.25) is 5.88 Å². The van der Waals surface area contributed by atoms with Crippen molar-refractivity contribution in [1.82, 2.24) is 4.98 Å². The molecule has 0 aliphatic rings. The van der Waals surface area contributed by atoms with Crippen molar-refractivity contribution in [2.24, 2.45) is 0 Å². The van der Waals surface area contributed by atoms with Gasteiger partial charge in [-0.1, -0.05) is 6.08 Å². The molecule has 0 N–H and O–H groups in total. The van der Waals surface area contributed by atoms with Crippen LogP contribution >= 0.6 is 0 Å². The molecule has 1 aromatic rings. The van der Waals surface area contributed by atoms with Crippen LogP contribution in [0.1, 0.15) is 24.0 Å². The molecule has 0 aromatic carbocycles.